The molecule has 2 aromatic heterocycles. The molecule has 1 aliphatic rings. The van der Waals surface area contributed by atoms with E-state index in [-0.39, 0.29) is 11.9 Å². The molecule has 11 heteroatoms. The first-order chi connectivity index (χ1) is 17.0. The Hall–Kier alpha value is -3.44. The first-order valence-electron chi connectivity index (χ1n) is 11.7. The Morgan fingerprint density at radius 2 is 1.94 bits per heavy atom. The van der Waals surface area contributed by atoms with E-state index in [9.17, 15) is 4.79 Å². The Labute approximate surface area is 208 Å². The van der Waals surface area contributed by atoms with Crippen molar-refractivity contribution in [3.8, 4) is 11.5 Å². The number of nitrogens with zero attached hydrogens (tertiary/aromatic N) is 4. The molecule has 10 nitrogen and oxygen atoms in total. The second-order valence-electron chi connectivity index (χ2n) is 7.78. The number of benzene rings is 1. The molecule has 0 atom stereocenters. The van der Waals surface area contributed by atoms with Crippen LogP contribution in [-0.2, 0) is 4.84 Å². The van der Waals surface area contributed by atoms with Crippen LogP contribution in [0.25, 0.3) is 10.2 Å². The van der Waals surface area contributed by atoms with Crippen molar-refractivity contribution in [2.45, 2.75) is 20.8 Å². The average molecular weight is 499 g/mol. The van der Waals surface area contributed by atoms with E-state index in [2.05, 4.69) is 39.2 Å². The van der Waals surface area contributed by atoms with Crippen molar-refractivity contribution >= 4 is 39.1 Å². The maximum Gasteiger partial charge on any atom is 0.261 e. The van der Waals surface area contributed by atoms with Gasteiger partial charge in [-0.2, -0.15) is 0 Å². The van der Waals surface area contributed by atoms with E-state index < -0.39 is 0 Å². The minimum atomic E-state index is -0.173. The van der Waals surface area contributed by atoms with E-state index in [0.29, 0.717) is 64.4 Å². The topological polar surface area (TPSA) is 124 Å². The number of thiophene rings is 1. The molecule has 0 aliphatic carbocycles. The zero-order valence-corrected chi connectivity index (χ0v) is 21.0. The van der Waals surface area contributed by atoms with Crippen LogP contribution < -0.4 is 20.5 Å². The summed E-state index contributed by atoms with van der Waals surface area (Å²) in [7, 11) is 0. The normalized spacial score (nSPS) is 13.3. The van der Waals surface area contributed by atoms with Crippen molar-refractivity contribution in [1.82, 2.24) is 20.2 Å². The third-order valence-electron chi connectivity index (χ3n) is 5.56. The quantitative estimate of drug-likeness (QED) is 0.248. The van der Waals surface area contributed by atoms with Gasteiger partial charge in [-0.1, -0.05) is 19.0 Å². The Bertz CT molecular complexity index is 1220. The molecule has 0 unspecified atom stereocenters. The lowest BCUT2D eigenvalue weighted by Gasteiger charge is -2.19. The van der Waals surface area contributed by atoms with E-state index in [1.807, 2.05) is 25.1 Å². The Balaban J connectivity index is 1.77. The van der Waals surface area contributed by atoms with Gasteiger partial charge in [-0.05, 0) is 44.3 Å². The first kappa shape index (κ1) is 24.7. The summed E-state index contributed by atoms with van der Waals surface area (Å²) in [4.78, 5) is 30.5. The van der Waals surface area contributed by atoms with Crippen molar-refractivity contribution in [3.63, 3.8) is 0 Å². The molecular weight excluding hydrogens is 468 g/mol. The molecule has 1 amide bonds. The van der Waals surface area contributed by atoms with Gasteiger partial charge >= 0.3 is 0 Å². The zero-order chi connectivity index (χ0) is 24.8. The molecule has 35 heavy (non-hydrogen) atoms. The maximum absolute atomic E-state index is 12.5. The summed E-state index contributed by atoms with van der Waals surface area (Å²) in [5.41, 5.74) is 7.75. The van der Waals surface area contributed by atoms with Crippen LogP contribution in [-0.4, -0.2) is 72.5 Å². The van der Waals surface area contributed by atoms with E-state index in [4.69, 9.17) is 20.0 Å². The number of amides is 1. The number of likely N-dealkylation sites (N-methyl/N-ethyl adjacent to an activating group) is 1. The Morgan fingerprint density at radius 1 is 1.17 bits per heavy atom. The van der Waals surface area contributed by atoms with Crippen molar-refractivity contribution in [2.75, 3.05) is 51.7 Å². The third-order valence-corrected chi connectivity index (χ3v) is 6.59. The fourth-order valence-corrected chi connectivity index (χ4v) is 4.68. The Kier molecular flexibility index (Phi) is 7.98. The van der Waals surface area contributed by atoms with Crippen molar-refractivity contribution in [3.05, 3.63) is 40.4 Å². The van der Waals surface area contributed by atoms with Crippen LogP contribution in [0.3, 0.4) is 0 Å². The van der Waals surface area contributed by atoms with Gasteiger partial charge in [0.05, 0.1) is 4.88 Å². The number of aromatic nitrogens is 2. The zero-order valence-electron chi connectivity index (χ0n) is 20.2. The van der Waals surface area contributed by atoms with E-state index in [1.165, 1.54) is 11.3 Å². The minimum absolute atomic E-state index is 0.0881. The molecule has 3 N–H and O–H groups in total. The lowest BCUT2D eigenvalue weighted by molar-refractivity contribution is 0.0960. The number of hydrogen-bond donors (Lipinski definition) is 2. The molecule has 4 rings (SSSR count). The third kappa shape index (κ3) is 5.63. The smallest absolute Gasteiger partial charge is 0.261 e. The summed E-state index contributed by atoms with van der Waals surface area (Å²) in [5.74, 6) is 1.21. The number of anilines is 1. The highest BCUT2D eigenvalue weighted by Crippen LogP contribution is 2.33. The molecule has 0 bridgehead atoms. The number of carbonyl (C=O) groups excluding carboxylic acids is 1. The summed E-state index contributed by atoms with van der Waals surface area (Å²) < 4.78 is 11.4. The molecular formula is C24H30N6O4S. The maximum atomic E-state index is 12.5. The molecule has 0 spiro atoms. The largest absolute Gasteiger partial charge is 0.486 e. The lowest BCUT2D eigenvalue weighted by atomic mass is 10.0. The predicted octanol–water partition coefficient (Wildman–Crippen LogP) is 2.91. The summed E-state index contributed by atoms with van der Waals surface area (Å²) in [6.07, 6.45) is 0. The summed E-state index contributed by atoms with van der Waals surface area (Å²) in [6.45, 7) is 10.6. The number of hydrogen-bond acceptors (Lipinski definition) is 10. The van der Waals surface area contributed by atoms with Gasteiger partial charge in [-0.25, -0.2) is 9.97 Å². The van der Waals surface area contributed by atoms with Crippen LogP contribution in [0, 0.1) is 0 Å². The van der Waals surface area contributed by atoms with Crippen LogP contribution in [0.4, 0.5) is 5.95 Å². The number of fused-ring (bicyclic) bond motifs is 2. The molecule has 1 aliphatic heterocycles. The fourth-order valence-electron chi connectivity index (χ4n) is 3.72. The average Bonchev–Trinajstić information content (AvgIpc) is 3.30. The van der Waals surface area contributed by atoms with Crippen LogP contribution >= 0.6 is 11.3 Å². The number of rotatable bonds is 10. The molecule has 0 saturated carbocycles. The number of nitrogen functional groups attached to an aromatic ring is 1. The number of ether oxygens (including phenoxy) is 2. The van der Waals surface area contributed by atoms with E-state index >= 15 is 0 Å². The van der Waals surface area contributed by atoms with Crippen molar-refractivity contribution in [1.29, 1.82) is 0 Å². The molecule has 1 aromatic carbocycles. The van der Waals surface area contributed by atoms with Gasteiger partial charge in [0.25, 0.3) is 5.91 Å². The predicted molar refractivity (Wildman–Crippen MR) is 137 cm³/mol. The van der Waals surface area contributed by atoms with Gasteiger partial charge in [0.15, 0.2) is 11.5 Å². The molecule has 186 valence electrons. The second kappa shape index (κ2) is 11.3. The molecule has 0 saturated heterocycles. The van der Waals surface area contributed by atoms with E-state index in [1.54, 1.807) is 6.07 Å². The summed E-state index contributed by atoms with van der Waals surface area (Å²) in [6, 6.07) is 7.33. The fraction of sp³-hybridized carbons (Fsp3) is 0.417. The van der Waals surface area contributed by atoms with Crippen LogP contribution in [0.5, 0.6) is 11.5 Å². The van der Waals surface area contributed by atoms with Gasteiger partial charge < -0.3 is 30.3 Å². The van der Waals surface area contributed by atoms with Gasteiger partial charge in [0.1, 0.15) is 36.1 Å². The van der Waals surface area contributed by atoms with Crippen LogP contribution in [0.15, 0.2) is 29.4 Å². The number of nitrogens with two attached hydrogens (primary N) is 1. The van der Waals surface area contributed by atoms with Gasteiger partial charge in [-0.15, -0.1) is 11.3 Å². The van der Waals surface area contributed by atoms with Crippen LogP contribution in [0.1, 0.15) is 41.7 Å². The van der Waals surface area contributed by atoms with Crippen molar-refractivity contribution in [2.24, 2.45) is 5.16 Å². The standard InChI is InChI=1S/C24H30N6O4S/c1-4-26-22(31)19-14-16-21(27-24(25)28-23(16)35-19)20(29-34-10-9-30(5-2)6-3)15-7-8-17-18(13-15)33-12-11-32-17/h7-8,13-14H,4-6,9-12H2,1-3H3,(H,26,31)(H2,25,27,28)/b29-20+. The molecule has 3 aromatic rings. The van der Waals surface area contributed by atoms with Crippen molar-refractivity contribution < 1.29 is 19.1 Å². The number of oxime groups is 1. The van der Waals surface area contributed by atoms with Crippen LogP contribution in [0.2, 0.25) is 0 Å². The highest BCUT2D eigenvalue weighted by molar-refractivity contribution is 7.20. The van der Waals surface area contributed by atoms with Gasteiger partial charge in [0.2, 0.25) is 5.95 Å². The molecule has 3 heterocycles. The van der Waals surface area contributed by atoms with Gasteiger partial charge in [0, 0.05) is 24.0 Å². The summed E-state index contributed by atoms with van der Waals surface area (Å²) >= 11 is 1.26. The number of nitrogens with one attached hydrogen (secondary N) is 1. The number of carbonyl (C=O) groups is 1. The Morgan fingerprint density at radius 3 is 2.69 bits per heavy atom. The monoisotopic (exact) mass is 498 g/mol. The highest BCUT2D eigenvalue weighted by Gasteiger charge is 2.22. The van der Waals surface area contributed by atoms with Gasteiger partial charge in [-0.3, -0.25) is 4.79 Å². The SMILES string of the molecule is CCNC(=O)c1cc2c(/C(=N/OCCN(CC)CC)c3ccc4c(c3)OCCO4)nc(N)nc2s1. The lowest BCUT2D eigenvalue weighted by Crippen LogP contribution is -2.26. The first-order valence-corrected chi connectivity index (χ1v) is 12.5. The molecule has 0 radical (unpaired) electrons. The second-order valence-corrected chi connectivity index (χ2v) is 8.81. The highest BCUT2D eigenvalue weighted by atomic mass is 32.1. The van der Waals surface area contributed by atoms with E-state index in [0.717, 1.165) is 25.2 Å². The minimum Gasteiger partial charge on any atom is -0.486 e. The summed E-state index contributed by atoms with van der Waals surface area (Å²) in [5, 5.41) is 7.98. The molecule has 0 fully saturated rings.